The number of nitrogens with one attached hydrogen (secondary N) is 1. The highest BCUT2D eigenvalue weighted by Crippen LogP contribution is 2.23. The van der Waals surface area contributed by atoms with Crippen molar-refractivity contribution in [2.75, 3.05) is 18.1 Å². The van der Waals surface area contributed by atoms with Gasteiger partial charge in [0, 0.05) is 11.6 Å². The third-order valence-electron chi connectivity index (χ3n) is 3.58. The van der Waals surface area contributed by atoms with Crippen LogP contribution in [0, 0.1) is 5.41 Å². The maximum absolute atomic E-state index is 12.0. The van der Waals surface area contributed by atoms with Gasteiger partial charge in [0.1, 0.15) is 0 Å². The molecule has 0 unspecified atom stereocenters. The number of carboxylic acid groups (broad SMARTS) is 1. The molecule has 0 saturated carbocycles. The van der Waals surface area contributed by atoms with Gasteiger partial charge in [-0.15, -0.1) is 0 Å². The first-order valence-electron chi connectivity index (χ1n) is 7.71. The summed E-state index contributed by atoms with van der Waals surface area (Å²) in [6.07, 6.45) is 2.24. The van der Waals surface area contributed by atoms with Crippen molar-refractivity contribution in [3.05, 3.63) is 29.3 Å². The summed E-state index contributed by atoms with van der Waals surface area (Å²) in [6.45, 7) is 3.83. The molecule has 136 valence electrons. The highest BCUT2D eigenvalue weighted by atomic mass is 35.5. The van der Waals surface area contributed by atoms with E-state index in [4.69, 9.17) is 16.7 Å². The fraction of sp³-hybridized carbons (Fsp3) is 0.562. The van der Waals surface area contributed by atoms with Crippen molar-refractivity contribution in [2.24, 2.45) is 5.41 Å². The fourth-order valence-corrected chi connectivity index (χ4v) is 4.24. The van der Waals surface area contributed by atoms with E-state index in [0.29, 0.717) is 18.0 Å². The van der Waals surface area contributed by atoms with E-state index in [-0.39, 0.29) is 4.90 Å². The van der Waals surface area contributed by atoms with Crippen molar-refractivity contribution in [2.45, 2.75) is 38.0 Å². The molecule has 0 atom stereocenters. The number of hydrogen-bond acceptors (Lipinski definition) is 4. The van der Waals surface area contributed by atoms with E-state index in [0.717, 1.165) is 24.3 Å². The number of carbonyl (C=O) groups is 1. The molecule has 0 aromatic heterocycles. The van der Waals surface area contributed by atoms with Gasteiger partial charge in [0.2, 0.25) is 10.0 Å². The maximum atomic E-state index is 12.0. The lowest BCUT2D eigenvalue weighted by molar-refractivity contribution is -0.146. The van der Waals surface area contributed by atoms with Crippen molar-refractivity contribution in [1.29, 1.82) is 0 Å². The summed E-state index contributed by atoms with van der Waals surface area (Å²) in [5, 5.41) is 9.51. The lowest BCUT2D eigenvalue weighted by Gasteiger charge is -2.18. The molecule has 1 rings (SSSR count). The second-order valence-electron chi connectivity index (χ2n) is 6.11. The van der Waals surface area contributed by atoms with Crippen molar-refractivity contribution in [3.63, 3.8) is 0 Å². The number of unbranched alkanes of at least 4 members (excludes halogenated alkanes) is 1. The number of rotatable bonds is 11. The van der Waals surface area contributed by atoms with E-state index in [9.17, 15) is 13.2 Å². The summed E-state index contributed by atoms with van der Waals surface area (Å²) < 4.78 is 26.6. The number of hydrogen-bond donors (Lipinski definition) is 2. The molecule has 0 heterocycles. The molecule has 0 bridgehead atoms. The predicted octanol–water partition coefficient (Wildman–Crippen LogP) is 3.63. The number of sulfonamides is 1. The summed E-state index contributed by atoms with van der Waals surface area (Å²) in [5.74, 6) is 0.897. The zero-order chi connectivity index (χ0) is 18.2. The zero-order valence-electron chi connectivity index (χ0n) is 13.9. The van der Waals surface area contributed by atoms with Crippen LogP contribution in [-0.2, 0) is 14.8 Å². The Balaban J connectivity index is 2.18. The molecule has 0 radical (unpaired) electrons. The van der Waals surface area contributed by atoms with Crippen LogP contribution in [-0.4, -0.2) is 37.5 Å². The van der Waals surface area contributed by atoms with Crippen LogP contribution in [0.2, 0.25) is 5.02 Å². The standard InChI is InChI=1S/C16H24ClNO4S2/c1-16(2,15(19)20)9-12-23-11-4-3-10-18-24(21,22)14-7-5-13(17)6-8-14/h5-8,18H,3-4,9-12H2,1-2H3,(H,19,20). The van der Waals surface area contributed by atoms with E-state index < -0.39 is 21.4 Å². The fourth-order valence-electron chi connectivity index (χ4n) is 1.77. The molecule has 0 aliphatic rings. The van der Waals surface area contributed by atoms with Gasteiger partial charge in [0.25, 0.3) is 0 Å². The summed E-state index contributed by atoms with van der Waals surface area (Å²) in [5.41, 5.74) is -0.693. The van der Waals surface area contributed by atoms with E-state index in [1.807, 2.05) is 0 Å². The number of benzene rings is 1. The van der Waals surface area contributed by atoms with Crippen LogP contribution in [0.15, 0.2) is 29.2 Å². The smallest absolute Gasteiger partial charge is 0.309 e. The Morgan fingerprint density at radius 1 is 1.21 bits per heavy atom. The lowest BCUT2D eigenvalue weighted by atomic mass is 9.91. The van der Waals surface area contributed by atoms with Gasteiger partial charge in [0.15, 0.2) is 0 Å². The largest absolute Gasteiger partial charge is 0.481 e. The first-order chi connectivity index (χ1) is 11.1. The van der Waals surface area contributed by atoms with Gasteiger partial charge in [-0.3, -0.25) is 4.79 Å². The molecule has 24 heavy (non-hydrogen) atoms. The second kappa shape index (κ2) is 9.65. The van der Waals surface area contributed by atoms with Crippen molar-refractivity contribution >= 4 is 39.4 Å². The van der Waals surface area contributed by atoms with Crippen LogP contribution in [0.25, 0.3) is 0 Å². The monoisotopic (exact) mass is 393 g/mol. The van der Waals surface area contributed by atoms with Crippen LogP contribution >= 0.6 is 23.4 Å². The topological polar surface area (TPSA) is 83.5 Å². The maximum Gasteiger partial charge on any atom is 0.309 e. The van der Waals surface area contributed by atoms with Gasteiger partial charge in [-0.1, -0.05) is 11.6 Å². The Bertz CT molecular complexity index is 630. The quantitative estimate of drug-likeness (QED) is 0.561. The molecule has 8 heteroatoms. The van der Waals surface area contributed by atoms with Crippen LogP contribution in [0.1, 0.15) is 33.1 Å². The third-order valence-corrected chi connectivity index (χ3v) is 6.38. The second-order valence-corrected chi connectivity index (χ2v) is 9.54. The summed E-state index contributed by atoms with van der Waals surface area (Å²) in [7, 11) is -3.48. The summed E-state index contributed by atoms with van der Waals surface area (Å²) in [6, 6.07) is 6.05. The number of aliphatic carboxylic acids is 1. The van der Waals surface area contributed by atoms with Crippen LogP contribution in [0.5, 0.6) is 0 Å². The molecule has 0 spiro atoms. The molecule has 0 saturated heterocycles. The first kappa shape index (κ1) is 21.3. The predicted molar refractivity (Wildman–Crippen MR) is 99.2 cm³/mol. The summed E-state index contributed by atoms with van der Waals surface area (Å²) >= 11 is 7.44. The van der Waals surface area contributed by atoms with Crippen LogP contribution in [0.4, 0.5) is 0 Å². The Hall–Kier alpha value is -0.760. The van der Waals surface area contributed by atoms with Crippen LogP contribution in [0.3, 0.4) is 0 Å². The molecular formula is C16H24ClNO4S2. The van der Waals surface area contributed by atoms with Gasteiger partial charge in [-0.2, -0.15) is 11.8 Å². The number of thioether (sulfide) groups is 1. The van der Waals surface area contributed by atoms with E-state index >= 15 is 0 Å². The minimum atomic E-state index is -3.48. The molecule has 1 aromatic carbocycles. The molecule has 5 nitrogen and oxygen atoms in total. The highest BCUT2D eigenvalue weighted by Gasteiger charge is 2.26. The Kier molecular flexibility index (Phi) is 8.56. The zero-order valence-corrected chi connectivity index (χ0v) is 16.3. The average molecular weight is 394 g/mol. The first-order valence-corrected chi connectivity index (χ1v) is 10.7. The molecule has 1 aromatic rings. The summed E-state index contributed by atoms with van der Waals surface area (Å²) in [4.78, 5) is 11.2. The number of carboxylic acids is 1. The van der Waals surface area contributed by atoms with Gasteiger partial charge < -0.3 is 5.11 Å². The highest BCUT2D eigenvalue weighted by molar-refractivity contribution is 7.99. The van der Waals surface area contributed by atoms with Gasteiger partial charge >= 0.3 is 5.97 Å². The van der Waals surface area contributed by atoms with E-state index in [1.54, 1.807) is 37.7 Å². The average Bonchev–Trinajstić information content (AvgIpc) is 2.50. The lowest BCUT2D eigenvalue weighted by Crippen LogP contribution is -2.25. The molecule has 0 aliphatic heterocycles. The molecular weight excluding hydrogens is 370 g/mol. The third kappa shape index (κ3) is 7.42. The normalized spacial score (nSPS) is 12.3. The van der Waals surface area contributed by atoms with Gasteiger partial charge in [-0.25, -0.2) is 13.1 Å². The van der Waals surface area contributed by atoms with Crippen LogP contribution < -0.4 is 4.72 Å². The molecule has 2 N–H and O–H groups in total. The van der Waals surface area contributed by atoms with Crippen molar-refractivity contribution < 1.29 is 18.3 Å². The Morgan fingerprint density at radius 2 is 1.83 bits per heavy atom. The minimum absolute atomic E-state index is 0.206. The molecule has 0 fully saturated rings. The molecule has 0 amide bonds. The van der Waals surface area contributed by atoms with Gasteiger partial charge in [0.05, 0.1) is 10.3 Å². The van der Waals surface area contributed by atoms with Gasteiger partial charge in [-0.05, 0) is 68.9 Å². The van der Waals surface area contributed by atoms with E-state index in [2.05, 4.69) is 4.72 Å². The van der Waals surface area contributed by atoms with E-state index in [1.165, 1.54) is 12.1 Å². The number of halogens is 1. The Labute approximate surface area is 153 Å². The van der Waals surface area contributed by atoms with Crippen molar-refractivity contribution in [1.82, 2.24) is 4.72 Å². The SMILES string of the molecule is CC(C)(CCSCCCCNS(=O)(=O)c1ccc(Cl)cc1)C(=O)O. The van der Waals surface area contributed by atoms with Crippen molar-refractivity contribution in [3.8, 4) is 0 Å². The Morgan fingerprint density at radius 3 is 2.42 bits per heavy atom. The minimum Gasteiger partial charge on any atom is -0.481 e. The molecule has 0 aliphatic carbocycles.